The van der Waals surface area contributed by atoms with Crippen LogP contribution >= 0.6 is 0 Å². The Morgan fingerprint density at radius 3 is 1.69 bits per heavy atom. The van der Waals surface area contributed by atoms with Gasteiger partial charge >= 0.3 is 0 Å². The van der Waals surface area contributed by atoms with Gasteiger partial charge in [0, 0.05) is 5.56 Å². The zero-order chi connectivity index (χ0) is 19.2. The van der Waals surface area contributed by atoms with Crippen LogP contribution < -0.4 is 0 Å². The Balaban J connectivity index is 1.67. The van der Waals surface area contributed by atoms with Crippen molar-refractivity contribution in [1.29, 1.82) is 0 Å². The highest BCUT2D eigenvalue weighted by atomic mass is 15.3. The van der Waals surface area contributed by atoms with Crippen molar-refractivity contribution in [3.63, 3.8) is 0 Å². The third kappa shape index (κ3) is 2.46. The van der Waals surface area contributed by atoms with Gasteiger partial charge in [-0.2, -0.15) is 5.10 Å². The molecule has 0 unspecified atom stereocenters. The van der Waals surface area contributed by atoms with E-state index in [9.17, 15) is 0 Å². The summed E-state index contributed by atoms with van der Waals surface area (Å²) < 4.78 is 2.00. The summed E-state index contributed by atoms with van der Waals surface area (Å²) in [5.74, 6) is 0. The van der Waals surface area contributed by atoms with Crippen LogP contribution in [0.3, 0.4) is 0 Å². The number of hydrogen-bond donors (Lipinski definition) is 0. The van der Waals surface area contributed by atoms with Gasteiger partial charge in [-0.25, -0.2) is 4.68 Å². The predicted octanol–water partition coefficient (Wildman–Crippen LogP) is 7.00. The average Bonchev–Trinajstić information content (AvgIpc) is 3.30. The predicted molar refractivity (Wildman–Crippen MR) is 122 cm³/mol. The van der Waals surface area contributed by atoms with Crippen LogP contribution in [0.2, 0.25) is 0 Å². The standard InChI is InChI=1S/C27H18N2/c1-2-8-20(9-3-1)29-27(16-17-28-29)19-14-15-25-23-12-5-4-10-21(23)22-11-6-7-13-24(22)26(25)18-19/h1-18H. The van der Waals surface area contributed by atoms with Gasteiger partial charge in [0.15, 0.2) is 0 Å². The maximum absolute atomic E-state index is 4.57. The lowest BCUT2D eigenvalue weighted by Gasteiger charge is -2.13. The van der Waals surface area contributed by atoms with Crippen LogP contribution in [0.25, 0.3) is 49.3 Å². The third-order valence-electron chi connectivity index (χ3n) is 5.68. The van der Waals surface area contributed by atoms with Crippen molar-refractivity contribution in [1.82, 2.24) is 9.78 Å². The fourth-order valence-electron chi connectivity index (χ4n) is 4.36. The summed E-state index contributed by atoms with van der Waals surface area (Å²) >= 11 is 0. The zero-order valence-corrected chi connectivity index (χ0v) is 15.8. The van der Waals surface area contributed by atoms with Crippen molar-refractivity contribution in [2.24, 2.45) is 0 Å². The van der Waals surface area contributed by atoms with Crippen LogP contribution in [0.1, 0.15) is 0 Å². The third-order valence-corrected chi connectivity index (χ3v) is 5.68. The monoisotopic (exact) mass is 370 g/mol. The lowest BCUT2D eigenvalue weighted by atomic mass is 9.93. The molecule has 0 radical (unpaired) electrons. The van der Waals surface area contributed by atoms with Gasteiger partial charge in [-0.3, -0.25) is 0 Å². The number of fused-ring (bicyclic) bond motifs is 6. The number of aromatic nitrogens is 2. The summed E-state index contributed by atoms with van der Waals surface area (Å²) in [6, 6.07) is 36.5. The van der Waals surface area contributed by atoms with Gasteiger partial charge in [0.25, 0.3) is 0 Å². The molecular weight excluding hydrogens is 352 g/mol. The molecule has 1 heterocycles. The Morgan fingerprint density at radius 2 is 1.03 bits per heavy atom. The molecule has 0 aliphatic heterocycles. The topological polar surface area (TPSA) is 17.8 Å². The van der Waals surface area contributed by atoms with Crippen molar-refractivity contribution >= 4 is 32.3 Å². The summed E-state index contributed by atoms with van der Waals surface area (Å²) in [6.45, 7) is 0. The molecule has 2 nitrogen and oxygen atoms in total. The summed E-state index contributed by atoms with van der Waals surface area (Å²) in [5, 5.41) is 12.3. The van der Waals surface area contributed by atoms with Crippen LogP contribution in [0, 0.1) is 0 Å². The first-order valence-electron chi connectivity index (χ1n) is 9.83. The molecule has 29 heavy (non-hydrogen) atoms. The van der Waals surface area contributed by atoms with Crippen LogP contribution in [-0.4, -0.2) is 9.78 Å². The minimum atomic E-state index is 1.07. The minimum Gasteiger partial charge on any atom is -0.233 e. The summed E-state index contributed by atoms with van der Waals surface area (Å²) in [4.78, 5) is 0. The normalized spacial score (nSPS) is 11.4. The Hall–Kier alpha value is -3.91. The van der Waals surface area contributed by atoms with E-state index in [-0.39, 0.29) is 0 Å². The highest BCUT2D eigenvalue weighted by Crippen LogP contribution is 2.37. The van der Waals surface area contributed by atoms with E-state index in [1.807, 2.05) is 29.1 Å². The lowest BCUT2D eigenvalue weighted by molar-refractivity contribution is 0.888. The SMILES string of the molecule is c1ccc(-n2nccc2-c2ccc3c4ccccc4c4ccccc4c3c2)cc1. The van der Waals surface area contributed by atoms with Crippen molar-refractivity contribution in [3.8, 4) is 16.9 Å². The fraction of sp³-hybridized carbons (Fsp3) is 0. The molecule has 0 fully saturated rings. The van der Waals surface area contributed by atoms with Crippen LogP contribution in [0.4, 0.5) is 0 Å². The molecule has 5 aromatic carbocycles. The van der Waals surface area contributed by atoms with Gasteiger partial charge in [-0.15, -0.1) is 0 Å². The van der Waals surface area contributed by atoms with Crippen molar-refractivity contribution < 1.29 is 0 Å². The van der Waals surface area contributed by atoms with E-state index in [1.54, 1.807) is 0 Å². The second kappa shape index (κ2) is 6.32. The minimum absolute atomic E-state index is 1.07. The van der Waals surface area contributed by atoms with Crippen LogP contribution in [0.5, 0.6) is 0 Å². The molecule has 0 saturated heterocycles. The molecule has 136 valence electrons. The molecule has 0 spiro atoms. The van der Waals surface area contributed by atoms with Crippen molar-refractivity contribution in [2.75, 3.05) is 0 Å². The molecule has 0 bridgehead atoms. The van der Waals surface area contributed by atoms with E-state index in [0.29, 0.717) is 0 Å². The summed E-state index contributed by atoms with van der Waals surface area (Å²) in [5.41, 5.74) is 3.32. The first-order valence-corrected chi connectivity index (χ1v) is 9.83. The van der Waals surface area contributed by atoms with Gasteiger partial charge in [0.05, 0.1) is 17.6 Å². The van der Waals surface area contributed by atoms with Gasteiger partial charge < -0.3 is 0 Å². The molecule has 0 saturated carbocycles. The van der Waals surface area contributed by atoms with E-state index in [4.69, 9.17) is 0 Å². The number of para-hydroxylation sites is 1. The molecule has 2 heteroatoms. The lowest BCUT2D eigenvalue weighted by Crippen LogP contribution is -1.98. The summed E-state index contributed by atoms with van der Waals surface area (Å²) in [6.07, 6.45) is 1.87. The maximum atomic E-state index is 4.57. The number of hydrogen-bond acceptors (Lipinski definition) is 1. The van der Waals surface area contributed by atoms with E-state index >= 15 is 0 Å². The highest BCUT2D eigenvalue weighted by Gasteiger charge is 2.12. The quantitative estimate of drug-likeness (QED) is 0.300. The Morgan fingerprint density at radius 1 is 0.483 bits per heavy atom. The first-order chi connectivity index (χ1) is 14.4. The van der Waals surface area contributed by atoms with Crippen molar-refractivity contribution in [3.05, 3.63) is 109 Å². The zero-order valence-electron chi connectivity index (χ0n) is 15.8. The van der Waals surface area contributed by atoms with Crippen LogP contribution in [0.15, 0.2) is 109 Å². The van der Waals surface area contributed by atoms with E-state index in [2.05, 4.69) is 90.0 Å². The maximum Gasteiger partial charge on any atom is 0.0741 e. The second-order valence-corrected chi connectivity index (χ2v) is 7.32. The smallest absolute Gasteiger partial charge is 0.0741 e. The Bertz CT molecular complexity index is 1460. The first kappa shape index (κ1) is 16.1. The average molecular weight is 370 g/mol. The molecule has 0 aliphatic carbocycles. The molecule has 0 amide bonds. The number of nitrogens with zero attached hydrogens (tertiary/aromatic N) is 2. The number of rotatable bonds is 2. The van der Waals surface area contributed by atoms with Gasteiger partial charge in [0.1, 0.15) is 0 Å². The van der Waals surface area contributed by atoms with Crippen LogP contribution in [-0.2, 0) is 0 Å². The van der Waals surface area contributed by atoms with Gasteiger partial charge in [0.2, 0.25) is 0 Å². The molecular formula is C27H18N2. The highest BCUT2D eigenvalue weighted by molar-refractivity contribution is 6.25. The van der Waals surface area contributed by atoms with E-state index in [1.165, 1.54) is 37.9 Å². The molecule has 0 atom stereocenters. The van der Waals surface area contributed by atoms with E-state index in [0.717, 1.165) is 11.4 Å². The Labute approximate surface area is 168 Å². The molecule has 6 aromatic rings. The second-order valence-electron chi connectivity index (χ2n) is 7.32. The number of benzene rings is 5. The Kier molecular flexibility index (Phi) is 3.50. The summed E-state index contributed by atoms with van der Waals surface area (Å²) in [7, 11) is 0. The molecule has 6 rings (SSSR count). The fourth-order valence-corrected chi connectivity index (χ4v) is 4.36. The van der Waals surface area contributed by atoms with Gasteiger partial charge in [-0.1, -0.05) is 78.9 Å². The van der Waals surface area contributed by atoms with E-state index < -0.39 is 0 Å². The molecule has 0 N–H and O–H groups in total. The van der Waals surface area contributed by atoms with Crippen molar-refractivity contribution in [2.45, 2.75) is 0 Å². The molecule has 0 aliphatic rings. The largest absolute Gasteiger partial charge is 0.233 e. The van der Waals surface area contributed by atoms with Gasteiger partial charge in [-0.05, 0) is 56.6 Å². The molecule has 1 aromatic heterocycles.